The van der Waals surface area contributed by atoms with Crippen molar-refractivity contribution < 1.29 is 9.21 Å². The van der Waals surface area contributed by atoms with Crippen LogP contribution in [0.3, 0.4) is 0 Å². The Morgan fingerprint density at radius 3 is 2.67 bits per heavy atom. The quantitative estimate of drug-likeness (QED) is 0.680. The molecule has 0 bridgehead atoms. The molecule has 1 aromatic carbocycles. The number of hydrogen-bond donors (Lipinski definition) is 1. The number of carbonyl (C=O) groups excluding carboxylic acids is 1. The summed E-state index contributed by atoms with van der Waals surface area (Å²) >= 11 is 12.4. The number of rotatable bonds is 9. The van der Waals surface area contributed by atoms with Crippen molar-refractivity contribution in [1.29, 1.82) is 0 Å². The van der Waals surface area contributed by atoms with Gasteiger partial charge in [0.2, 0.25) is 5.89 Å². The van der Waals surface area contributed by atoms with Crippen LogP contribution in [-0.4, -0.2) is 53.9 Å². The number of hydrogen-bond acceptors (Lipinski definition) is 5. The van der Waals surface area contributed by atoms with E-state index in [1.807, 2.05) is 31.1 Å². The van der Waals surface area contributed by atoms with Crippen molar-refractivity contribution in [3.05, 3.63) is 51.7 Å². The van der Waals surface area contributed by atoms with Crippen molar-refractivity contribution in [1.82, 2.24) is 20.1 Å². The van der Waals surface area contributed by atoms with E-state index in [1.165, 1.54) is 6.26 Å². The molecule has 0 unspecified atom stereocenters. The molecule has 2 aromatic rings. The second-order valence-electron chi connectivity index (χ2n) is 6.90. The van der Waals surface area contributed by atoms with Crippen LogP contribution >= 0.6 is 23.2 Å². The van der Waals surface area contributed by atoms with E-state index >= 15 is 0 Å². The van der Waals surface area contributed by atoms with Crippen LogP contribution in [0.1, 0.15) is 35.8 Å². The van der Waals surface area contributed by atoms with Crippen LogP contribution < -0.4 is 5.32 Å². The SMILES string of the molecule is CC(C)N(Cc1nc(C(=O)NCCN(C)C)co1)Cc1cccc(Cl)c1Cl. The van der Waals surface area contributed by atoms with Gasteiger partial charge in [-0.25, -0.2) is 4.98 Å². The van der Waals surface area contributed by atoms with E-state index in [9.17, 15) is 4.79 Å². The van der Waals surface area contributed by atoms with Gasteiger partial charge in [0.15, 0.2) is 5.69 Å². The molecule has 148 valence electrons. The standard InChI is InChI=1S/C19H26Cl2N4O2/c1-13(2)25(10-14-6-5-7-15(20)18(14)21)11-17-23-16(12-27-17)19(26)22-8-9-24(3)4/h5-7,12-13H,8-11H2,1-4H3,(H,22,26). The van der Waals surface area contributed by atoms with E-state index in [2.05, 4.69) is 29.0 Å². The molecule has 0 aliphatic rings. The normalized spacial score (nSPS) is 11.6. The van der Waals surface area contributed by atoms with Crippen LogP contribution in [0.15, 0.2) is 28.9 Å². The number of aromatic nitrogens is 1. The third-order valence-corrected chi connectivity index (χ3v) is 4.96. The average molecular weight is 413 g/mol. The molecule has 0 saturated heterocycles. The summed E-state index contributed by atoms with van der Waals surface area (Å²) in [5, 5.41) is 3.91. The van der Waals surface area contributed by atoms with E-state index in [0.29, 0.717) is 35.6 Å². The largest absolute Gasteiger partial charge is 0.447 e. The van der Waals surface area contributed by atoms with E-state index in [4.69, 9.17) is 27.6 Å². The van der Waals surface area contributed by atoms with Gasteiger partial charge in [-0.15, -0.1) is 0 Å². The number of amides is 1. The van der Waals surface area contributed by atoms with Gasteiger partial charge >= 0.3 is 0 Å². The molecule has 0 aliphatic heterocycles. The first-order valence-corrected chi connectivity index (χ1v) is 9.57. The zero-order chi connectivity index (χ0) is 20.0. The van der Waals surface area contributed by atoms with Crippen molar-refractivity contribution in [2.75, 3.05) is 27.2 Å². The lowest BCUT2D eigenvalue weighted by Crippen LogP contribution is -2.32. The van der Waals surface area contributed by atoms with Gasteiger partial charge < -0.3 is 14.6 Å². The number of nitrogens with zero attached hydrogens (tertiary/aromatic N) is 3. The highest BCUT2D eigenvalue weighted by Gasteiger charge is 2.18. The summed E-state index contributed by atoms with van der Waals surface area (Å²) in [6.45, 7) is 6.54. The van der Waals surface area contributed by atoms with Crippen LogP contribution in [0.4, 0.5) is 0 Å². The van der Waals surface area contributed by atoms with E-state index < -0.39 is 0 Å². The molecule has 1 heterocycles. The minimum absolute atomic E-state index is 0.226. The minimum atomic E-state index is -0.235. The average Bonchev–Trinajstić information content (AvgIpc) is 3.06. The zero-order valence-corrected chi connectivity index (χ0v) is 17.6. The van der Waals surface area contributed by atoms with Gasteiger partial charge in [-0.05, 0) is 39.6 Å². The Labute approximate surface area is 170 Å². The highest BCUT2D eigenvalue weighted by molar-refractivity contribution is 6.42. The molecule has 2 rings (SSSR count). The molecule has 1 N–H and O–H groups in total. The van der Waals surface area contributed by atoms with Crippen LogP contribution in [0, 0.1) is 0 Å². The molecule has 0 spiro atoms. The lowest BCUT2D eigenvalue weighted by atomic mass is 10.2. The molecule has 0 atom stereocenters. The molecule has 0 aliphatic carbocycles. The molecule has 0 fully saturated rings. The van der Waals surface area contributed by atoms with Gasteiger partial charge in [0.25, 0.3) is 5.91 Å². The van der Waals surface area contributed by atoms with Gasteiger partial charge in [-0.3, -0.25) is 9.69 Å². The molecule has 8 heteroatoms. The fourth-order valence-corrected chi connectivity index (χ4v) is 2.84. The van der Waals surface area contributed by atoms with Gasteiger partial charge in [0, 0.05) is 25.7 Å². The summed E-state index contributed by atoms with van der Waals surface area (Å²) in [6, 6.07) is 5.82. The van der Waals surface area contributed by atoms with Gasteiger partial charge in [0.1, 0.15) is 6.26 Å². The third-order valence-electron chi connectivity index (χ3n) is 4.10. The van der Waals surface area contributed by atoms with E-state index in [0.717, 1.165) is 12.1 Å². The van der Waals surface area contributed by atoms with Gasteiger partial charge in [-0.1, -0.05) is 35.3 Å². The number of nitrogens with one attached hydrogen (secondary N) is 1. The predicted octanol–water partition coefficient (Wildman–Crippen LogP) is 3.68. The van der Waals surface area contributed by atoms with Crippen LogP contribution in [0.5, 0.6) is 0 Å². The molecule has 0 saturated carbocycles. The number of halogens is 2. The molecule has 1 aromatic heterocycles. The van der Waals surface area contributed by atoms with E-state index in [-0.39, 0.29) is 17.6 Å². The van der Waals surface area contributed by atoms with Crippen LogP contribution in [-0.2, 0) is 13.1 Å². The zero-order valence-electron chi connectivity index (χ0n) is 16.1. The maximum absolute atomic E-state index is 12.1. The number of carbonyl (C=O) groups is 1. The van der Waals surface area contributed by atoms with Crippen molar-refractivity contribution >= 4 is 29.1 Å². The summed E-state index contributed by atoms with van der Waals surface area (Å²) in [5.41, 5.74) is 1.22. The summed E-state index contributed by atoms with van der Waals surface area (Å²) in [5.74, 6) is 0.250. The maximum Gasteiger partial charge on any atom is 0.273 e. The molecular weight excluding hydrogens is 387 g/mol. The highest BCUT2D eigenvalue weighted by atomic mass is 35.5. The lowest BCUT2D eigenvalue weighted by Gasteiger charge is -2.25. The number of oxazole rings is 1. The Hall–Kier alpha value is -1.60. The summed E-state index contributed by atoms with van der Waals surface area (Å²) in [7, 11) is 3.90. The summed E-state index contributed by atoms with van der Waals surface area (Å²) in [4.78, 5) is 20.6. The van der Waals surface area contributed by atoms with Gasteiger partial charge in [0.05, 0.1) is 16.6 Å². The summed E-state index contributed by atoms with van der Waals surface area (Å²) in [6.07, 6.45) is 1.39. The second-order valence-corrected chi connectivity index (χ2v) is 7.68. The second kappa shape index (κ2) is 10.1. The Kier molecular flexibility index (Phi) is 8.10. The molecule has 27 heavy (non-hydrogen) atoms. The van der Waals surface area contributed by atoms with Gasteiger partial charge in [-0.2, -0.15) is 0 Å². The molecule has 6 nitrogen and oxygen atoms in total. The Morgan fingerprint density at radius 1 is 1.26 bits per heavy atom. The minimum Gasteiger partial charge on any atom is -0.447 e. The molecule has 0 radical (unpaired) electrons. The van der Waals surface area contributed by atoms with E-state index in [1.54, 1.807) is 6.07 Å². The fourth-order valence-electron chi connectivity index (χ4n) is 2.46. The highest BCUT2D eigenvalue weighted by Crippen LogP contribution is 2.27. The van der Waals surface area contributed by atoms with Crippen molar-refractivity contribution in [3.8, 4) is 0 Å². The third kappa shape index (κ3) is 6.50. The van der Waals surface area contributed by atoms with Crippen molar-refractivity contribution in [2.45, 2.75) is 33.0 Å². The topological polar surface area (TPSA) is 61.6 Å². The Balaban J connectivity index is 2.01. The van der Waals surface area contributed by atoms with Crippen LogP contribution in [0.2, 0.25) is 10.0 Å². The first-order valence-electron chi connectivity index (χ1n) is 8.82. The molecule has 1 amide bonds. The fraction of sp³-hybridized carbons (Fsp3) is 0.474. The lowest BCUT2D eigenvalue weighted by molar-refractivity contribution is 0.0946. The smallest absolute Gasteiger partial charge is 0.273 e. The predicted molar refractivity (Wildman–Crippen MR) is 108 cm³/mol. The van der Waals surface area contributed by atoms with Crippen molar-refractivity contribution in [3.63, 3.8) is 0 Å². The number of benzene rings is 1. The van der Waals surface area contributed by atoms with Crippen LogP contribution in [0.25, 0.3) is 0 Å². The number of likely N-dealkylation sites (N-methyl/N-ethyl adjacent to an activating group) is 1. The van der Waals surface area contributed by atoms with Crippen molar-refractivity contribution in [2.24, 2.45) is 0 Å². The monoisotopic (exact) mass is 412 g/mol. The Morgan fingerprint density at radius 2 is 2.00 bits per heavy atom. The Bertz CT molecular complexity index is 762. The first-order chi connectivity index (χ1) is 12.8. The first kappa shape index (κ1) is 21.7. The summed E-state index contributed by atoms with van der Waals surface area (Å²) < 4.78 is 5.50. The maximum atomic E-state index is 12.1. The molecular formula is C19H26Cl2N4O2.